The van der Waals surface area contributed by atoms with Gasteiger partial charge in [0.05, 0.1) is 7.11 Å². The first-order valence-electron chi connectivity index (χ1n) is 4.09. The van der Waals surface area contributed by atoms with Crippen molar-refractivity contribution in [2.24, 2.45) is 0 Å². The van der Waals surface area contributed by atoms with Crippen LogP contribution in [0.2, 0.25) is 0 Å². The van der Waals surface area contributed by atoms with Gasteiger partial charge in [-0.05, 0) is 22.6 Å². The monoisotopic (exact) mass is 205 g/mol. The van der Waals surface area contributed by atoms with Gasteiger partial charge in [0, 0.05) is 6.20 Å². The maximum Gasteiger partial charge on any atom is 0.341 e. The van der Waals surface area contributed by atoms with Crippen LogP contribution >= 0.6 is 0 Å². The minimum atomic E-state index is -0.478. The Morgan fingerprint density at radius 3 is 3.07 bits per heavy atom. The number of esters is 1. The SMILES string of the molecule is COC(=O)c1cccnc1-n1cnnn1. The lowest BCUT2D eigenvalue weighted by atomic mass is 10.2. The molecule has 0 spiro atoms. The zero-order valence-electron chi connectivity index (χ0n) is 7.86. The molecule has 0 aromatic carbocycles. The van der Waals surface area contributed by atoms with Crippen molar-refractivity contribution >= 4 is 5.97 Å². The summed E-state index contributed by atoms with van der Waals surface area (Å²) in [7, 11) is 1.30. The molecule has 2 aromatic rings. The molecule has 0 aliphatic carbocycles. The second-order valence-corrected chi connectivity index (χ2v) is 2.62. The van der Waals surface area contributed by atoms with E-state index in [9.17, 15) is 4.79 Å². The third-order valence-corrected chi connectivity index (χ3v) is 1.76. The number of pyridine rings is 1. The Bertz CT molecular complexity index is 468. The van der Waals surface area contributed by atoms with Gasteiger partial charge in [-0.1, -0.05) is 0 Å². The van der Waals surface area contributed by atoms with Gasteiger partial charge in [-0.3, -0.25) is 0 Å². The van der Waals surface area contributed by atoms with Gasteiger partial charge in [0.15, 0.2) is 5.82 Å². The Kier molecular flexibility index (Phi) is 2.36. The number of nitrogens with zero attached hydrogens (tertiary/aromatic N) is 5. The molecule has 0 saturated heterocycles. The normalized spacial score (nSPS) is 9.93. The number of rotatable bonds is 2. The van der Waals surface area contributed by atoms with Crippen molar-refractivity contribution in [1.29, 1.82) is 0 Å². The first kappa shape index (κ1) is 9.25. The van der Waals surface area contributed by atoms with Crippen molar-refractivity contribution in [1.82, 2.24) is 25.2 Å². The molecule has 0 bridgehead atoms. The summed E-state index contributed by atoms with van der Waals surface area (Å²) in [5.74, 6) is -0.136. The van der Waals surface area contributed by atoms with E-state index in [1.807, 2.05) is 0 Å². The van der Waals surface area contributed by atoms with Crippen LogP contribution in [0, 0.1) is 0 Å². The van der Waals surface area contributed by atoms with Gasteiger partial charge in [-0.2, -0.15) is 4.68 Å². The van der Waals surface area contributed by atoms with E-state index in [2.05, 4.69) is 25.2 Å². The smallest absolute Gasteiger partial charge is 0.341 e. The fourth-order valence-electron chi connectivity index (χ4n) is 1.11. The first-order valence-corrected chi connectivity index (χ1v) is 4.09. The average Bonchev–Trinajstić information content (AvgIpc) is 2.81. The lowest BCUT2D eigenvalue weighted by Gasteiger charge is -2.04. The molecule has 0 radical (unpaired) electrons. The number of hydrogen-bond acceptors (Lipinski definition) is 6. The van der Waals surface area contributed by atoms with Gasteiger partial charge >= 0.3 is 5.97 Å². The summed E-state index contributed by atoms with van der Waals surface area (Å²) in [6, 6.07) is 3.23. The van der Waals surface area contributed by atoms with E-state index in [1.165, 1.54) is 18.1 Å². The van der Waals surface area contributed by atoms with E-state index in [-0.39, 0.29) is 0 Å². The Hall–Kier alpha value is -2.31. The van der Waals surface area contributed by atoms with Crippen LogP contribution in [0.4, 0.5) is 0 Å². The van der Waals surface area contributed by atoms with Crippen molar-refractivity contribution in [3.8, 4) is 5.82 Å². The fourth-order valence-corrected chi connectivity index (χ4v) is 1.11. The highest BCUT2D eigenvalue weighted by molar-refractivity contribution is 5.92. The summed E-state index contributed by atoms with van der Waals surface area (Å²) in [6.45, 7) is 0. The third-order valence-electron chi connectivity index (χ3n) is 1.76. The van der Waals surface area contributed by atoms with E-state index in [4.69, 9.17) is 0 Å². The quantitative estimate of drug-likeness (QED) is 0.634. The molecule has 2 heterocycles. The zero-order valence-corrected chi connectivity index (χ0v) is 7.86. The molecule has 2 aromatic heterocycles. The van der Waals surface area contributed by atoms with E-state index in [1.54, 1.807) is 18.3 Å². The second-order valence-electron chi connectivity index (χ2n) is 2.62. The van der Waals surface area contributed by atoms with Crippen molar-refractivity contribution < 1.29 is 9.53 Å². The molecule has 0 aliphatic rings. The van der Waals surface area contributed by atoms with Crippen molar-refractivity contribution in [3.05, 3.63) is 30.2 Å². The Morgan fingerprint density at radius 1 is 1.53 bits per heavy atom. The average molecular weight is 205 g/mol. The lowest BCUT2D eigenvalue weighted by molar-refractivity contribution is 0.0600. The zero-order chi connectivity index (χ0) is 10.7. The molecule has 0 amide bonds. The predicted molar refractivity (Wildman–Crippen MR) is 48.3 cm³/mol. The molecule has 0 saturated carbocycles. The van der Waals surface area contributed by atoms with Crippen LogP contribution in [0.3, 0.4) is 0 Å². The summed E-state index contributed by atoms with van der Waals surface area (Å²) in [6.07, 6.45) is 2.90. The number of ether oxygens (including phenoxy) is 1. The number of carbonyl (C=O) groups excluding carboxylic acids is 1. The highest BCUT2D eigenvalue weighted by atomic mass is 16.5. The van der Waals surface area contributed by atoms with Crippen LogP contribution in [0.15, 0.2) is 24.7 Å². The van der Waals surface area contributed by atoms with Crippen LogP contribution in [0.25, 0.3) is 5.82 Å². The molecule has 0 atom stereocenters. The van der Waals surface area contributed by atoms with E-state index in [0.29, 0.717) is 11.4 Å². The minimum absolute atomic E-state index is 0.312. The minimum Gasteiger partial charge on any atom is -0.465 e. The third kappa shape index (κ3) is 1.66. The number of hydrogen-bond donors (Lipinski definition) is 0. The van der Waals surface area contributed by atoms with Gasteiger partial charge in [-0.25, -0.2) is 9.78 Å². The fraction of sp³-hybridized carbons (Fsp3) is 0.125. The van der Waals surface area contributed by atoms with Crippen LogP contribution in [-0.4, -0.2) is 38.3 Å². The Balaban J connectivity index is 2.52. The molecule has 7 nitrogen and oxygen atoms in total. The molecule has 15 heavy (non-hydrogen) atoms. The van der Waals surface area contributed by atoms with Crippen LogP contribution in [0.1, 0.15) is 10.4 Å². The molecule has 0 aliphatic heterocycles. The summed E-state index contributed by atoms with van der Waals surface area (Å²) >= 11 is 0. The largest absolute Gasteiger partial charge is 0.465 e. The summed E-state index contributed by atoms with van der Waals surface area (Å²) in [5.41, 5.74) is 0.312. The topological polar surface area (TPSA) is 82.8 Å². The van der Waals surface area contributed by atoms with Crippen molar-refractivity contribution in [2.45, 2.75) is 0 Å². The Morgan fingerprint density at radius 2 is 2.40 bits per heavy atom. The Labute approximate surface area is 84.7 Å². The van der Waals surface area contributed by atoms with Crippen LogP contribution < -0.4 is 0 Å². The standard InChI is InChI=1S/C8H7N5O2/c1-15-8(14)6-3-2-4-9-7(6)13-5-10-11-12-13/h2-5H,1H3. The number of tetrazole rings is 1. The molecule has 0 N–H and O–H groups in total. The van der Waals surface area contributed by atoms with E-state index in [0.717, 1.165) is 0 Å². The maximum absolute atomic E-state index is 11.4. The maximum atomic E-state index is 11.4. The van der Waals surface area contributed by atoms with Gasteiger partial charge in [0.1, 0.15) is 11.9 Å². The molecular formula is C8H7N5O2. The molecule has 0 unspecified atom stereocenters. The molecule has 7 heteroatoms. The number of methoxy groups -OCH3 is 1. The van der Waals surface area contributed by atoms with Gasteiger partial charge < -0.3 is 4.74 Å². The summed E-state index contributed by atoms with van der Waals surface area (Å²) in [4.78, 5) is 15.4. The first-order chi connectivity index (χ1) is 7.33. The number of carbonyl (C=O) groups is 1. The van der Waals surface area contributed by atoms with Crippen molar-refractivity contribution in [2.75, 3.05) is 7.11 Å². The molecule has 0 fully saturated rings. The highest BCUT2D eigenvalue weighted by Gasteiger charge is 2.14. The predicted octanol–water partition coefficient (Wildman–Crippen LogP) is -0.156. The van der Waals surface area contributed by atoms with Gasteiger partial charge in [-0.15, -0.1) is 5.10 Å². The van der Waals surface area contributed by atoms with E-state index >= 15 is 0 Å². The van der Waals surface area contributed by atoms with Gasteiger partial charge in [0.25, 0.3) is 0 Å². The lowest BCUT2D eigenvalue weighted by Crippen LogP contribution is -2.10. The molecule has 2 rings (SSSR count). The summed E-state index contributed by atoms with van der Waals surface area (Å²) in [5, 5.41) is 10.6. The van der Waals surface area contributed by atoms with E-state index < -0.39 is 5.97 Å². The molecule has 76 valence electrons. The van der Waals surface area contributed by atoms with Crippen molar-refractivity contribution in [3.63, 3.8) is 0 Å². The summed E-state index contributed by atoms with van der Waals surface area (Å²) < 4.78 is 5.91. The number of aromatic nitrogens is 5. The highest BCUT2D eigenvalue weighted by Crippen LogP contribution is 2.09. The van der Waals surface area contributed by atoms with Crippen LogP contribution in [0.5, 0.6) is 0 Å². The van der Waals surface area contributed by atoms with Gasteiger partial charge in [0.2, 0.25) is 0 Å². The second kappa shape index (κ2) is 3.82. The van der Waals surface area contributed by atoms with Crippen LogP contribution in [-0.2, 0) is 4.74 Å². The molecular weight excluding hydrogens is 198 g/mol.